The van der Waals surface area contributed by atoms with Gasteiger partial charge in [0.25, 0.3) is 11.8 Å². The number of nitrogens with zero attached hydrogens (tertiary/aromatic N) is 2. The summed E-state index contributed by atoms with van der Waals surface area (Å²) in [5.41, 5.74) is 1.79. The lowest BCUT2D eigenvalue weighted by Crippen LogP contribution is -2.36. The van der Waals surface area contributed by atoms with Crippen LogP contribution in [0.4, 0.5) is 15.8 Å². The molecular weight excluding hydrogens is 477 g/mol. The number of thioether (sulfide) groups is 1. The van der Waals surface area contributed by atoms with Gasteiger partial charge >= 0.3 is 0 Å². The van der Waals surface area contributed by atoms with Gasteiger partial charge in [0.15, 0.2) is 0 Å². The van der Waals surface area contributed by atoms with E-state index in [-0.39, 0.29) is 29.0 Å². The molecule has 3 aliphatic rings. The number of carbonyl (C=O) groups excluding carboxylic acids is 3. The van der Waals surface area contributed by atoms with Gasteiger partial charge < -0.3 is 10.1 Å². The maximum atomic E-state index is 13.5. The van der Waals surface area contributed by atoms with Gasteiger partial charge in [0.05, 0.1) is 28.8 Å². The Balaban J connectivity index is 1.41. The Morgan fingerprint density at radius 1 is 1.12 bits per heavy atom. The van der Waals surface area contributed by atoms with E-state index < -0.39 is 17.6 Å². The van der Waals surface area contributed by atoms with E-state index in [2.05, 4.69) is 5.32 Å². The van der Waals surface area contributed by atoms with E-state index in [4.69, 9.17) is 17.0 Å². The largest absolute Gasteiger partial charge is 0.376 e. The van der Waals surface area contributed by atoms with E-state index in [1.54, 1.807) is 24.3 Å². The number of anilines is 2. The van der Waals surface area contributed by atoms with Crippen LogP contribution in [-0.4, -0.2) is 52.7 Å². The molecule has 0 spiro atoms. The molecule has 7 nitrogen and oxygen atoms in total. The average molecular weight is 498 g/mol. The van der Waals surface area contributed by atoms with Crippen LogP contribution < -0.4 is 10.2 Å². The summed E-state index contributed by atoms with van der Waals surface area (Å²) in [7, 11) is 0. The lowest BCUT2D eigenvalue weighted by Gasteiger charge is -2.18. The minimum absolute atomic E-state index is 0.0647. The molecule has 174 valence electrons. The Bertz CT molecular complexity index is 1220. The summed E-state index contributed by atoms with van der Waals surface area (Å²) in [6.07, 6.45) is 1.74. The minimum Gasteiger partial charge on any atom is -0.376 e. The number of hydrogen-bond acceptors (Lipinski definition) is 6. The van der Waals surface area contributed by atoms with Gasteiger partial charge in [-0.1, -0.05) is 42.2 Å². The predicted molar refractivity (Wildman–Crippen MR) is 132 cm³/mol. The van der Waals surface area contributed by atoms with Gasteiger partial charge in [-0.3, -0.25) is 24.2 Å². The number of amides is 3. The third-order valence-electron chi connectivity index (χ3n) is 5.84. The number of nitrogens with one attached hydrogen (secondary N) is 1. The van der Waals surface area contributed by atoms with Crippen LogP contribution in [0, 0.1) is 5.82 Å². The number of rotatable bonds is 5. The van der Waals surface area contributed by atoms with E-state index in [1.807, 2.05) is 0 Å². The number of thiocarbonyl (C=S) groups is 1. The average Bonchev–Trinajstić information content (AvgIpc) is 3.50. The summed E-state index contributed by atoms with van der Waals surface area (Å²) in [6, 6.07) is 12.4. The first-order valence-electron chi connectivity index (χ1n) is 10.8. The number of para-hydroxylation sites is 1. The molecule has 3 heterocycles. The number of halogens is 1. The number of carbonyl (C=O) groups is 3. The molecule has 0 aromatic heterocycles. The second-order valence-electron chi connectivity index (χ2n) is 8.09. The second kappa shape index (κ2) is 9.28. The van der Waals surface area contributed by atoms with Crippen molar-refractivity contribution in [3.05, 3.63) is 64.8 Å². The number of fused-ring (bicyclic) bond motifs is 1. The molecule has 0 aliphatic carbocycles. The van der Waals surface area contributed by atoms with E-state index in [1.165, 1.54) is 34.1 Å². The van der Waals surface area contributed by atoms with Crippen LogP contribution in [0.15, 0.2) is 53.4 Å². The standard InChI is InChI=1S/C24H20FN3O4S2/c25-14-7-9-15(10-8-14)26-19(29)13-27-18-6-2-1-5-17(18)20(22(27)30)21-23(31)28(24(33)34-21)12-16-4-3-11-32-16/h1-2,5-10,16H,3-4,11-13H2,(H,26,29)/b21-20-. The Labute approximate surface area is 204 Å². The topological polar surface area (TPSA) is 79.0 Å². The molecule has 5 rings (SSSR count). The molecule has 3 aliphatic heterocycles. The fraction of sp³-hybridized carbons (Fsp3) is 0.250. The van der Waals surface area contributed by atoms with Gasteiger partial charge in [-0.15, -0.1) is 0 Å². The fourth-order valence-corrected chi connectivity index (χ4v) is 5.58. The fourth-order valence-electron chi connectivity index (χ4n) is 4.23. The summed E-state index contributed by atoms with van der Waals surface area (Å²) >= 11 is 6.55. The van der Waals surface area contributed by atoms with Crippen molar-refractivity contribution in [3.8, 4) is 0 Å². The summed E-state index contributed by atoms with van der Waals surface area (Å²) in [4.78, 5) is 42.5. The highest BCUT2D eigenvalue weighted by Gasteiger charge is 2.43. The van der Waals surface area contributed by atoms with Crippen molar-refractivity contribution in [1.82, 2.24) is 4.90 Å². The molecule has 2 aromatic rings. The summed E-state index contributed by atoms with van der Waals surface area (Å²) in [5, 5.41) is 2.66. The van der Waals surface area contributed by atoms with Crippen LogP contribution in [0.25, 0.3) is 5.57 Å². The number of ether oxygens (including phenoxy) is 1. The predicted octanol–water partition coefficient (Wildman–Crippen LogP) is 3.56. The molecule has 10 heteroatoms. The first kappa shape index (κ1) is 22.7. The van der Waals surface area contributed by atoms with Crippen LogP contribution in [0.3, 0.4) is 0 Å². The molecule has 34 heavy (non-hydrogen) atoms. The smallest absolute Gasteiger partial charge is 0.267 e. The van der Waals surface area contributed by atoms with Gasteiger partial charge in [0.2, 0.25) is 5.91 Å². The molecule has 1 atom stereocenters. The monoisotopic (exact) mass is 497 g/mol. The van der Waals surface area contributed by atoms with E-state index in [9.17, 15) is 18.8 Å². The molecule has 0 radical (unpaired) electrons. The molecule has 2 fully saturated rings. The molecule has 0 bridgehead atoms. The highest BCUT2D eigenvalue weighted by molar-refractivity contribution is 8.26. The van der Waals surface area contributed by atoms with Gasteiger partial charge in [-0.2, -0.15) is 0 Å². The molecule has 2 saturated heterocycles. The summed E-state index contributed by atoms with van der Waals surface area (Å²) in [6.45, 7) is 0.773. The Kier molecular flexibility index (Phi) is 6.20. The molecule has 1 N–H and O–H groups in total. The van der Waals surface area contributed by atoms with Crippen LogP contribution in [0.2, 0.25) is 0 Å². The highest BCUT2D eigenvalue weighted by Crippen LogP contribution is 2.44. The van der Waals surface area contributed by atoms with Crippen LogP contribution in [0.1, 0.15) is 18.4 Å². The molecule has 3 amide bonds. The maximum Gasteiger partial charge on any atom is 0.267 e. The van der Waals surface area contributed by atoms with Crippen LogP contribution in [0.5, 0.6) is 0 Å². The summed E-state index contributed by atoms with van der Waals surface area (Å²) in [5.74, 6) is -1.61. The van der Waals surface area contributed by atoms with Gasteiger partial charge in [0, 0.05) is 17.9 Å². The Morgan fingerprint density at radius 2 is 1.88 bits per heavy atom. The highest BCUT2D eigenvalue weighted by atomic mass is 32.2. The van der Waals surface area contributed by atoms with Crippen LogP contribution >= 0.6 is 24.0 Å². The van der Waals surface area contributed by atoms with E-state index in [0.29, 0.717) is 34.4 Å². The maximum absolute atomic E-state index is 13.5. The zero-order chi connectivity index (χ0) is 23.8. The van der Waals surface area contributed by atoms with Crippen molar-refractivity contribution < 1.29 is 23.5 Å². The van der Waals surface area contributed by atoms with Crippen molar-refractivity contribution in [1.29, 1.82) is 0 Å². The van der Waals surface area contributed by atoms with E-state index >= 15 is 0 Å². The van der Waals surface area contributed by atoms with Crippen LogP contribution in [-0.2, 0) is 19.1 Å². The second-order valence-corrected chi connectivity index (χ2v) is 9.73. The Hall–Kier alpha value is -3.08. The van der Waals surface area contributed by atoms with Gasteiger partial charge in [-0.25, -0.2) is 4.39 Å². The third-order valence-corrected chi connectivity index (χ3v) is 7.29. The Morgan fingerprint density at radius 3 is 2.62 bits per heavy atom. The number of benzene rings is 2. The first-order chi connectivity index (χ1) is 16.4. The van der Waals surface area contributed by atoms with Crippen molar-refractivity contribution in [2.75, 3.05) is 29.9 Å². The molecular formula is C24H20FN3O4S2. The first-order valence-corrected chi connectivity index (χ1v) is 12.0. The van der Waals surface area contributed by atoms with Gasteiger partial charge in [-0.05, 0) is 43.2 Å². The lowest BCUT2D eigenvalue weighted by molar-refractivity contribution is -0.123. The summed E-state index contributed by atoms with van der Waals surface area (Å²) < 4.78 is 19.2. The molecule has 0 saturated carbocycles. The van der Waals surface area contributed by atoms with Crippen molar-refractivity contribution in [3.63, 3.8) is 0 Å². The SMILES string of the molecule is O=C(CN1C(=O)/C(=C2\SC(=S)N(CC3CCCO3)C2=O)c2ccccc21)Nc1ccc(F)cc1. The third kappa shape index (κ3) is 4.24. The van der Waals surface area contributed by atoms with Crippen molar-refractivity contribution in [2.45, 2.75) is 18.9 Å². The van der Waals surface area contributed by atoms with E-state index in [0.717, 1.165) is 24.6 Å². The van der Waals surface area contributed by atoms with Gasteiger partial charge in [0.1, 0.15) is 16.7 Å². The zero-order valence-electron chi connectivity index (χ0n) is 18.0. The molecule has 2 aromatic carbocycles. The van der Waals surface area contributed by atoms with Crippen molar-refractivity contribution >= 4 is 63.0 Å². The normalized spacial score (nSPS) is 22.0. The zero-order valence-corrected chi connectivity index (χ0v) is 19.6. The lowest BCUT2D eigenvalue weighted by atomic mass is 10.1. The minimum atomic E-state index is -0.443. The quantitative estimate of drug-likeness (QED) is 0.503. The number of hydrogen-bond donors (Lipinski definition) is 1. The molecule has 1 unspecified atom stereocenters. The van der Waals surface area contributed by atoms with Crippen molar-refractivity contribution in [2.24, 2.45) is 0 Å².